The minimum Gasteiger partial charge on any atom is -0.497 e. The highest BCUT2D eigenvalue weighted by molar-refractivity contribution is 6.08. The van der Waals surface area contributed by atoms with Crippen LogP contribution in [0.3, 0.4) is 0 Å². The first-order valence-electron chi connectivity index (χ1n) is 29.6. The third-order valence-electron chi connectivity index (χ3n) is 16.5. The van der Waals surface area contributed by atoms with Crippen LogP contribution < -0.4 is 37.9 Å². The SMILES string of the molecule is COc1ccc(-c2cc(C(=C(c3cc(-c4ccc(OC)cc4)cc(-c4ccc(OC)cc4)c3)c3cc(-c4ccc(OC)cc4)cc(-c4ccc(OC)cc4)c3)c3cc(-c4ccc(OC)cc4)cc(-c4ccc(OC)cc4)c3)cc(-c3ccc(OC)cc3)c2)cc1. The largest absolute Gasteiger partial charge is 0.497 e. The van der Waals surface area contributed by atoms with Gasteiger partial charge in [0.1, 0.15) is 46.0 Å². The standard InChI is InChI=1S/C82H68O8/c1-83-73-25-9-53(10-26-73)61-41-62(54-11-27-74(84-2)28-12-54)46-69(45-61)81(70-47-63(55-13-29-75(85-3)30-14-55)42-64(48-70)56-15-31-76(86-4)32-16-56)82(71-49-65(57-17-33-77(87-5)34-18-57)43-66(50-71)58-19-35-78(88-6)36-20-58)72-51-67(59-21-37-79(89-7)38-22-59)44-68(52-72)60-23-39-80(90-8)40-24-60/h9-52H,1-8H3. The molecule has 12 aromatic carbocycles. The molecule has 0 aliphatic heterocycles. The fourth-order valence-electron chi connectivity index (χ4n) is 11.6. The second-order valence-electron chi connectivity index (χ2n) is 21.8. The molecule has 0 bridgehead atoms. The smallest absolute Gasteiger partial charge is 0.118 e. The minimum atomic E-state index is 0.767. The van der Waals surface area contributed by atoms with Crippen molar-refractivity contribution in [1.82, 2.24) is 0 Å². The molecule has 0 aliphatic rings. The Morgan fingerprint density at radius 2 is 0.256 bits per heavy atom. The Morgan fingerprint density at radius 1 is 0.144 bits per heavy atom. The number of ether oxygens (including phenoxy) is 8. The van der Waals surface area contributed by atoms with Crippen molar-refractivity contribution in [3.8, 4) is 135 Å². The maximum Gasteiger partial charge on any atom is 0.118 e. The van der Waals surface area contributed by atoms with Gasteiger partial charge in [0, 0.05) is 0 Å². The Balaban J connectivity index is 1.30. The minimum absolute atomic E-state index is 0.767. The third-order valence-corrected chi connectivity index (χ3v) is 16.5. The molecular weight excluding hydrogens is 1110 g/mol. The Labute approximate surface area is 527 Å². The van der Waals surface area contributed by atoms with Gasteiger partial charge in [0.05, 0.1) is 56.9 Å². The first-order chi connectivity index (χ1) is 44.1. The highest BCUT2D eigenvalue weighted by Crippen LogP contribution is 2.47. The molecule has 0 amide bonds. The van der Waals surface area contributed by atoms with Crippen LogP contribution in [0, 0.1) is 0 Å². The van der Waals surface area contributed by atoms with E-state index in [1.165, 1.54) is 0 Å². The van der Waals surface area contributed by atoms with Crippen LogP contribution in [0.4, 0.5) is 0 Å². The molecule has 0 unspecified atom stereocenters. The zero-order valence-electron chi connectivity index (χ0n) is 51.7. The monoisotopic (exact) mass is 1180 g/mol. The van der Waals surface area contributed by atoms with Crippen molar-refractivity contribution in [3.63, 3.8) is 0 Å². The summed E-state index contributed by atoms with van der Waals surface area (Å²) in [6.45, 7) is 0. The number of hydrogen-bond donors (Lipinski definition) is 0. The summed E-state index contributed by atoms with van der Waals surface area (Å²) < 4.78 is 46.0. The van der Waals surface area contributed by atoms with Crippen molar-refractivity contribution in [1.29, 1.82) is 0 Å². The third kappa shape index (κ3) is 12.9. The summed E-state index contributed by atoms with van der Waals surface area (Å²) in [5, 5.41) is 0. The van der Waals surface area contributed by atoms with Gasteiger partial charge in [0.25, 0.3) is 0 Å². The van der Waals surface area contributed by atoms with Gasteiger partial charge in [-0.25, -0.2) is 0 Å². The van der Waals surface area contributed by atoms with Gasteiger partial charge in [-0.1, -0.05) is 97.1 Å². The quantitative estimate of drug-likeness (QED) is 0.0699. The van der Waals surface area contributed by atoms with Gasteiger partial charge >= 0.3 is 0 Å². The molecule has 0 radical (unpaired) electrons. The average molecular weight is 1180 g/mol. The number of benzene rings is 12. The maximum absolute atomic E-state index is 5.74. The van der Waals surface area contributed by atoms with Gasteiger partial charge in [-0.15, -0.1) is 0 Å². The van der Waals surface area contributed by atoms with E-state index in [9.17, 15) is 0 Å². The molecule has 8 nitrogen and oxygen atoms in total. The second kappa shape index (κ2) is 26.8. The highest BCUT2D eigenvalue weighted by atomic mass is 16.5. The molecule has 90 heavy (non-hydrogen) atoms. The van der Waals surface area contributed by atoms with Crippen LogP contribution in [0.25, 0.3) is 100 Å². The Morgan fingerprint density at radius 3 is 0.356 bits per heavy atom. The van der Waals surface area contributed by atoms with Crippen molar-refractivity contribution in [3.05, 3.63) is 289 Å². The lowest BCUT2D eigenvalue weighted by molar-refractivity contribution is 0.415. The summed E-state index contributed by atoms with van der Waals surface area (Å²) in [6, 6.07) is 94.2. The Kier molecular flexibility index (Phi) is 17.6. The van der Waals surface area contributed by atoms with Gasteiger partial charge in [-0.05, 0) is 292 Å². The van der Waals surface area contributed by atoms with Gasteiger partial charge in [-0.3, -0.25) is 0 Å². The highest BCUT2D eigenvalue weighted by Gasteiger charge is 2.24. The molecule has 0 saturated heterocycles. The summed E-state index contributed by atoms with van der Waals surface area (Å²) in [7, 11) is 13.6. The predicted octanol–water partition coefficient (Wildman–Crippen LogP) is 20.1. The predicted molar refractivity (Wildman–Crippen MR) is 367 cm³/mol. The van der Waals surface area contributed by atoms with Crippen molar-refractivity contribution >= 4 is 11.1 Å². The molecule has 0 fully saturated rings. The van der Waals surface area contributed by atoms with E-state index >= 15 is 0 Å². The number of methoxy groups -OCH3 is 8. The van der Waals surface area contributed by atoms with Gasteiger partial charge in [0.15, 0.2) is 0 Å². The van der Waals surface area contributed by atoms with Crippen molar-refractivity contribution in [2.45, 2.75) is 0 Å². The first-order valence-corrected chi connectivity index (χ1v) is 29.6. The van der Waals surface area contributed by atoms with E-state index in [1.54, 1.807) is 56.9 Å². The van der Waals surface area contributed by atoms with E-state index in [0.717, 1.165) is 168 Å². The molecule has 12 rings (SSSR count). The van der Waals surface area contributed by atoms with Crippen LogP contribution >= 0.6 is 0 Å². The van der Waals surface area contributed by atoms with Gasteiger partial charge in [-0.2, -0.15) is 0 Å². The van der Waals surface area contributed by atoms with Gasteiger partial charge < -0.3 is 37.9 Å². The Hall–Kier alpha value is -11.2. The lowest BCUT2D eigenvalue weighted by Gasteiger charge is -2.24. The summed E-state index contributed by atoms with van der Waals surface area (Å²) >= 11 is 0. The Bertz CT molecular complexity index is 3630. The zero-order chi connectivity index (χ0) is 62.1. The molecule has 0 saturated carbocycles. The van der Waals surface area contributed by atoms with E-state index < -0.39 is 0 Å². The van der Waals surface area contributed by atoms with Crippen LogP contribution in [0.5, 0.6) is 46.0 Å². The number of hydrogen-bond acceptors (Lipinski definition) is 8. The van der Waals surface area contributed by atoms with E-state index in [-0.39, 0.29) is 0 Å². The van der Waals surface area contributed by atoms with Crippen molar-refractivity contribution in [2.24, 2.45) is 0 Å². The molecule has 0 aliphatic carbocycles. The molecule has 12 aromatic rings. The fourth-order valence-corrected chi connectivity index (χ4v) is 11.6. The van der Waals surface area contributed by atoms with E-state index in [1.807, 2.05) is 97.1 Å². The lowest BCUT2D eigenvalue weighted by Crippen LogP contribution is -2.02. The zero-order valence-corrected chi connectivity index (χ0v) is 51.7. The van der Waals surface area contributed by atoms with E-state index in [4.69, 9.17) is 37.9 Å². The molecular formula is C82H68O8. The second-order valence-corrected chi connectivity index (χ2v) is 21.8. The summed E-state index contributed by atoms with van der Waals surface area (Å²) in [5.74, 6) is 6.14. The normalized spacial score (nSPS) is 10.9. The molecule has 0 spiro atoms. The molecule has 0 N–H and O–H groups in total. The fraction of sp³-hybridized carbons (Fsp3) is 0.0976. The van der Waals surface area contributed by atoms with Gasteiger partial charge in [0.2, 0.25) is 0 Å². The van der Waals surface area contributed by atoms with E-state index in [0.29, 0.717) is 0 Å². The first kappa shape index (κ1) is 59.1. The topological polar surface area (TPSA) is 73.8 Å². The molecule has 444 valence electrons. The van der Waals surface area contributed by atoms with Crippen LogP contribution in [0.1, 0.15) is 22.3 Å². The van der Waals surface area contributed by atoms with Crippen LogP contribution in [0.15, 0.2) is 267 Å². The molecule has 0 heterocycles. The summed E-state index contributed by atoms with van der Waals surface area (Å²) in [6.07, 6.45) is 0. The summed E-state index contributed by atoms with van der Waals surface area (Å²) in [4.78, 5) is 0. The summed E-state index contributed by atoms with van der Waals surface area (Å²) in [5.41, 5.74) is 22.1. The van der Waals surface area contributed by atoms with Crippen molar-refractivity contribution < 1.29 is 37.9 Å². The van der Waals surface area contributed by atoms with Crippen molar-refractivity contribution in [2.75, 3.05) is 56.9 Å². The lowest BCUT2D eigenvalue weighted by atomic mass is 9.80. The molecule has 0 aromatic heterocycles. The van der Waals surface area contributed by atoms with Crippen LogP contribution in [0.2, 0.25) is 0 Å². The maximum atomic E-state index is 5.74. The van der Waals surface area contributed by atoms with Crippen LogP contribution in [-0.4, -0.2) is 56.9 Å². The van der Waals surface area contributed by atoms with Crippen LogP contribution in [-0.2, 0) is 0 Å². The molecule has 8 heteroatoms. The number of rotatable bonds is 20. The average Bonchev–Trinajstić information content (AvgIpc) is 0.944. The molecule has 0 atom stereocenters. The van der Waals surface area contributed by atoms with E-state index in [2.05, 4.69) is 170 Å².